The average molecular weight is 339 g/mol. The van der Waals surface area contributed by atoms with Crippen molar-refractivity contribution in [3.05, 3.63) is 39.9 Å². The van der Waals surface area contributed by atoms with Crippen molar-refractivity contribution in [3.63, 3.8) is 0 Å². The smallest absolute Gasteiger partial charge is 0.0674 e. The lowest BCUT2D eigenvalue weighted by Crippen LogP contribution is -2.31. The van der Waals surface area contributed by atoms with Gasteiger partial charge in [0.2, 0.25) is 0 Å². The minimum absolute atomic E-state index is 0.349. The monoisotopic (exact) mass is 338 g/mol. The van der Waals surface area contributed by atoms with Gasteiger partial charge in [-0.05, 0) is 43.7 Å². The van der Waals surface area contributed by atoms with Crippen LogP contribution in [0.5, 0.6) is 0 Å². The first kappa shape index (κ1) is 15.5. The first-order valence-corrected chi connectivity index (χ1v) is 7.83. The maximum atomic E-state index is 5.22. The van der Waals surface area contributed by atoms with Crippen LogP contribution in [0.25, 0.3) is 0 Å². The molecule has 0 aliphatic carbocycles. The Hall–Kier alpha value is -0.840. The number of rotatable bonds is 5. The summed E-state index contributed by atoms with van der Waals surface area (Å²) < 4.78 is 6.35. The van der Waals surface area contributed by atoms with Crippen LogP contribution in [0, 0.1) is 0 Å². The molecule has 20 heavy (non-hydrogen) atoms. The predicted molar refractivity (Wildman–Crippen MR) is 88.4 cm³/mol. The number of benzene rings is 1. The highest BCUT2D eigenvalue weighted by atomic mass is 79.9. The van der Waals surface area contributed by atoms with Gasteiger partial charge in [-0.1, -0.05) is 28.1 Å². The zero-order valence-electron chi connectivity index (χ0n) is 12.4. The maximum absolute atomic E-state index is 5.22. The van der Waals surface area contributed by atoms with Crippen LogP contribution >= 0.6 is 15.9 Å². The van der Waals surface area contributed by atoms with Gasteiger partial charge in [0.1, 0.15) is 0 Å². The fraction of sp³-hybridized carbons (Fsp3) is 0.500. The Balaban J connectivity index is 2.22. The van der Waals surface area contributed by atoms with E-state index >= 15 is 0 Å². The number of anilines is 1. The van der Waals surface area contributed by atoms with E-state index in [9.17, 15) is 0 Å². The topological polar surface area (TPSA) is 24.5 Å². The summed E-state index contributed by atoms with van der Waals surface area (Å²) in [5.74, 6) is 0. The molecule has 2 rings (SSSR count). The molecule has 1 aromatic carbocycles. The number of hydrogen-bond acceptors (Lipinski definition) is 3. The highest BCUT2D eigenvalue weighted by molar-refractivity contribution is 9.10. The molecule has 1 aliphatic heterocycles. The molecular formula is C16H23BrN2O. The van der Waals surface area contributed by atoms with Gasteiger partial charge in [0, 0.05) is 36.4 Å². The molecule has 0 spiro atoms. The summed E-state index contributed by atoms with van der Waals surface area (Å²) in [6, 6.07) is 6.89. The molecule has 0 aromatic heterocycles. The Bertz CT molecular complexity index is 487. The molecule has 0 saturated carbocycles. The molecule has 1 N–H and O–H groups in total. The van der Waals surface area contributed by atoms with E-state index in [2.05, 4.69) is 57.3 Å². The Morgan fingerprint density at radius 1 is 1.45 bits per heavy atom. The van der Waals surface area contributed by atoms with E-state index in [4.69, 9.17) is 4.74 Å². The van der Waals surface area contributed by atoms with Crippen molar-refractivity contribution >= 4 is 21.6 Å². The normalized spacial score (nSPS) is 17.0. The Morgan fingerprint density at radius 3 is 2.85 bits per heavy atom. The summed E-state index contributed by atoms with van der Waals surface area (Å²) in [5, 5.41) is 3.33. The van der Waals surface area contributed by atoms with Gasteiger partial charge in [-0.25, -0.2) is 0 Å². The Kier molecular flexibility index (Phi) is 5.64. The molecule has 3 nitrogen and oxygen atoms in total. The summed E-state index contributed by atoms with van der Waals surface area (Å²) >= 11 is 3.59. The van der Waals surface area contributed by atoms with Gasteiger partial charge >= 0.3 is 0 Å². The zero-order chi connectivity index (χ0) is 14.5. The molecule has 1 aliphatic rings. The van der Waals surface area contributed by atoms with E-state index in [0.717, 1.165) is 30.6 Å². The van der Waals surface area contributed by atoms with Gasteiger partial charge in [0.25, 0.3) is 0 Å². The van der Waals surface area contributed by atoms with Gasteiger partial charge in [0.05, 0.1) is 6.61 Å². The number of hydrogen-bond donors (Lipinski definition) is 1. The molecule has 4 heteroatoms. The van der Waals surface area contributed by atoms with Gasteiger partial charge in [0.15, 0.2) is 0 Å². The third-order valence-corrected chi connectivity index (χ3v) is 4.36. The molecule has 1 heterocycles. The second-order valence-corrected chi connectivity index (χ2v) is 6.12. The highest BCUT2D eigenvalue weighted by Gasteiger charge is 2.17. The molecule has 1 aromatic rings. The van der Waals surface area contributed by atoms with Crippen molar-refractivity contribution in [2.75, 3.05) is 38.8 Å². The van der Waals surface area contributed by atoms with Crippen LogP contribution in [-0.4, -0.2) is 33.9 Å². The zero-order valence-corrected chi connectivity index (χ0v) is 14.0. The molecular weight excluding hydrogens is 316 g/mol. The average Bonchev–Trinajstić information content (AvgIpc) is 2.47. The molecule has 0 amide bonds. The predicted octanol–water partition coefficient (Wildman–Crippen LogP) is 3.51. The second-order valence-electron chi connectivity index (χ2n) is 5.20. The van der Waals surface area contributed by atoms with Crippen LogP contribution in [0.1, 0.15) is 24.9 Å². The molecule has 1 atom stereocenters. The van der Waals surface area contributed by atoms with Crippen LogP contribution in [-0.2, 0) is 4.74 Å². The highest BCUT2D eigenvalue weighted by Crippen LogP contribution is 2.31. The van der Waals surface area contributed by atoms with Crippen molar-refractivity contribution in [3.8, 4) is 0 Å². The fourth-order valence-corrected chi connectivity index (χ4v) is 2.91. The first-order valence-electron chi connectivity index (χ1n) is 7.04. The van der Waals surface area contributed by atoms with Crippen molar-refractivity contribution in [2.24, 2.45) is 0 Å². The van der Waals surface area contributed by atoms with Crippen molar-refractivity contribution in [2.45, 2.75) is 19.4 Å². The molecule has 0 bridgehead atoms. The lowest BCUT2D eigenvalue weighted by molar-refractivity contribution is 0.222. The summed E-state index contributed by atoms with van der Waals surface area (Å²) in [5.41, 5.74) is 4.06. The van der Waals surface area contributed by atoms with Crippen LogP contribution in [0.15, 0.2) is 34.3 Å². The fourth-order valence-electron chi connectivity index (χ4n) is 2.56. The Morgan fingerprint density at radius 2 is 2.25 bits per heavy atom. The van der Waals surface area contributed by atoms with Gasteiger partial charge < -0.3 is 15.0 Å². The minimum atomic E-state index is 0.349. The SMILES string of the molecule is CNC(C)c1ccc(Br)cc1N1CC=C(COC)CC1. The largest absolute Gasteiger partial charge is 0.380 e. The molecule has 0 fully saturated rings. The number of ether oxygens (including phenoxy) is 1. The number of methoxy groups -OCH3 is 1. The minimum Gasteiger partial charge on any atom is -0.380 e. The summed E-state index contributed by atoms with van der Waals surface area (Å²) in [6.07, 6.45) is 3.37. The van der Waals surface area contributed by atoms with Crippen LogP contribution < -0.4 is 10.2 Å². The van der Waals surface area contributed by atoms with Crippen LogP contribution in [0.2, 0.25) is 0 Å². The lowest BCUT2D eigenvalue weighted by atomic mass is 10.0. The summed E-state index contributed by atoms with van der Waals surface area (Å²) in [7, 11) is 3.76. The van der Waals surface area contributed by atoms with Gasteiger partial charge in [-0.15, -0.1) is 0 Å². The van der Waals surface area contributed by atoms with Gasteiger partial charge in [-0.2, -0.15) is 0 Å². The number of nitrogens with zero attached hydrogens (tertiary/aromatic N) is 1. The van der Waals surface area contributed by atoms with E-state index in [1.54, 1.807) is 7.11 Å². The summed E-state index contributed by atoms with van der Waals surface area (Å²) in [4.78, 5) is 2.44. The first-order chi connectivity index (χ1) is 9.65. The molecule has 1 unspecified atom stereocenters. The van der Waals surface area contributed by atoms with E-state index in [1.165, 1.54) is 16.8 Å². The van der Waals surface area contributed by atoms with Gasteiger partial charge in [-0.3, -0.25) is 0 Å². The van der Waals surface area contributed by atoms with Crippen molar-refractivity contribution in [1.29, 1.82) is 0 Å². The third-order valence-electron chi connectivity index (χ3n) is 3.87. The Labute approximate surface area is 130 Å². The molecule has 110 valence electrons. The van der Waals surface area contributed by atoms with E-state index in [1.807, 2.05) is 7.05 Å². The van der Waals surface area contributed by atoms with Crippen molar-refractivity contribution < 1.29 is 4.74 Å². The lowest BCUT2D eigenvalue weighted by Gasteiger charge is -2.31. The number of nitrogens with one attached hydrogen (secondary N) is 1. The maximum Gasteiger partial charge on any atom is 0.0674 e. The second kappa shape index (κ2) is 7.25. The van der Waals surface area contributed by atoms with Crippen molar-refractivity contribution in [1.82, 2.24) is 5.32 Å². The number of halogens is 1. The molecule has 0 saturated heterocycles. The third kappa shape index (κ3) is 3.62. The van der Waals surface area contributed by atoms with Crippen LogP contribution in [0.3, 0.4) is 0 Å². The molecule has 0 radical (unpaired) electrons. The van der Waals surface area contributed by atoms with E-state index < -0.39 is 0 Å². The van der Waals surface area contributed by atoms with E-state index in [0.29, 0.717) is 6.04 Å². The quantitative estimate of drug-likeness (QED) is 0.831. The van der Waals surface area contributed by atoms with Crippen LogP contribution in [0.4, 0.5) is 5.69 Å². The standard InChI is InChI=1S/C16H23BrN2O/c1-12(18-2)15-5-4-14(17)10-16(15)19-8-6-13(7-9-19)11-20-3/h4-6,10,12,18H,7-9,11H2,1-3H3. The van der Waals surface area contributed by atoms with E-state index in [-0.39, 0.29) is 0 Å². The summed E-state index contributed by atoms with van der Waals surface area (Å²) in [6.45, 7) is 4.96.